The molecule has 1 N–H and O–H groups in total. The molecule has 2 nitrogen and oxygen atoms in total. The van der Waals surface area contributed by atoms with Crippen LogP contribution in [-0.4, -0.2) is 11.2 Å². The van der Waals surface area contributed by atoms with Gasteiger partial charge in [0, 0.05) is 11.8 Å². The summed E-state index contributed by atoms with van der Waals surface area (Å²) in [6.07, 6.45) is 0.554. The molecule has 0 aromatic heterocycles. The molecule has 0 aliphatic rings. The van der Waals surface area contributed by atoms with Crippen molar-refractivity contribution in [3.05, 3.63) is 35.9 Å². The van der Waals surface area contributed by atoms with Crippen LogP contribution in [0.5, 0.6) is 0 Å². The van der Waals surface area contributed by atoms with Crippen LogP contribution in [0, 0.1) is 11.3 Å². The van der Waals surface area contributed by atoms with E-state index in [0.717, 1.165) is 5.56 Å². The van der Waals surface area contributed by atoms with E-state index in [-0.39, 0.29) is 16.9 Å². The van der Waals surface area contributed by atoms with Gasteiger partial charge in [0.25, 0.3) is 0 Å². The number of nitrogens with one attached hydrogen (secondary N) is 1. The third-order valence-corrected chi connectivity index (χ3v) is 5.18. The van der Waals surface area contributed by atoms with Crippen LogP contribution in [0.4, 0.5) is 0 Å². The van der Waals surface area contributed by atoms with Gasteiger partial charge in [-0.1, -0.05) is 74.0 Å². The van der Waals surface area contributed by atoms with Gasteiger partial charge in [-0.3, -0.25) is 4.79 Å². The third kappa shape index (κ3) is 4.62. The average Bonchev–Trinajstić information content (AvgIpc) is 2.38. The van der Waals surface area contributed by atoms with Crippen LogP contribution in [-0.2, 0) is 10.3 Å². The predicted molar refractivity (Wildman–Crippen MR) is 89.0 cm³/mol. The van der Waals surface area contributed by atoms with E-state index in [1.807, 2.05) is 18.2 Å². The Morgan fingerprint density at radius 2 is 1.75 bits per heavy atom. The quantitative estimate of drug-likeness (QED) is 0.787. The highest BCUT2D eigenvalue weighted by atomic mass is 79.9. The van der Waals surface area contributed by atoms with Gasteiger partial charge in [-0.05, 0) is 23.8 Å². The molecule has 2 atom stereocenters. The summed E-state index contributed by atoms with van der Waals surface area (Å²) in [7, 11) is 0. The molecule has 0 spiro atoms. The van der Waals surface area contributed by atoms with E-state index < -0.39 is 0 Å². The first-order chi connectivity index (χ1) is 9.19. The molecule has 0 bridgehead atoms. The number of benzene rings is 1. The topological polar surface area (TPSA) is 29.1 Å². The van der Waals surface area contributed by atoms with Gasteiger partial charge in [0.1, 0.15) is 0 Å². The monoisotopic (exact) mass is 339 g/mol. The first-order valence-corrected chi connectivity index (χ1v) is 8.23. The van der Waals surface area contributed by atoms with E-state index in [2.05, 4.69) is 68.0 Å². The molecular formula is C17H26BrNO. The average molecular weight is 340 g/mol. The summed E-state index contributed by atoms with van der Waals surface area (Å²) in [6.45, 7) is 10.7. The zero-order valence-corrected chi connectivity index (χ0v) is 14.8. The lowest BCUT2D eigenvalue weighted by Gasteiger charge is -2.32. The van der Waals surface area contributed by atoms with E-state index in [0.29, 0.717) is 17.7 Å². The summed E-state index contributed by atoms with van der Waals surface area (Å²) in [5.74, 6) is 0.455. The maximum Gasteiger partial charge on any atom is 0.220 e. The second-order valence-electron chi connectivity index (χ2n) is 6.85. The van der Waals surface area contributed by atoms with Crippen LogP contribution in [0.2, 0.25) is 0 Å². The van der Waals surface area contributed by atoms with Crippen molar-refractivity contribution >= 4 is 21.8 Å². The lowest BCUT2D eigenvalue weighted by Crippen LogP contribution is -2.45. The van der Waals surface area contributed by atoms with Gasteiger partial charge in [-0.15, -0.1) is 0 Å². The highest BCUT2D eigenvalue weighted by molar-refractivity contribution is 9.09. The molecule has 1 aromatic rings. The number of alkyl halides is 1. The lowest BCUT2D eigenvalue weighted by molar-refractivity contribution is -0.124. The minimum atomic E-state index is -0.365. The Labute approximate surface area is 131 Å². The van der Waals surface area contributed by atoms with Gasteiger partial charge in [-0.2, -0.15) is 0 Å². The lowest BCUT2D eigenvalue weighted by atomic mass is 9.80. The number of carbonyl (C=O) groups excluding carboxylic acids is 1. The first kappa shape index (κ1) is 17.2. The summed E-state index contributed by atoms with van der Waals surface area (Å²) in [6, 6.07) is 10.1. The zero-order valence-electron chi connectivity index (χ0n) is 13.2. The molecule has 1 aromatic carbocycles. The SMILES string of the molecule is CC(CC(=O)NC(C)(CBr)c1ccccc1)C(C)(C)C. The fraction of sp³-hybridized carbons (Fsp3) is 0.588. The highest BCUT2D eigenvalue weighted by Gasteiger charge is 2.29. The van der Waals surface area contributed by atoms with Crippen molar-refractivity contribution in [1.82, 2.24) is 5.32 Å². The van der Waals surface area contributed by atoms with Crippen molar-refractivity contribution in [1.29, 1.82) is 0 Å². The molecule has 0 saturated carbocycles. The van der Waals surface area contributed by atoms with Gasteiger partial charge in [0.05, 0.1) is 5.54 Å². The second kappa shape index (κ2) is 6.75. The fourth-order valence-electron chi connectivity index (χ4n) is 1.93. The molecule has 0 aliphatic heterocycles. The number of hydrogen-bond donors (Lipinski definition) is 1. The summed E-state index contributed by atoms with van der Waals surface area (Å²) < 4.78 is 0. The Kier molecular flexibility index (Phi) is 5.81. The van der Waals surface area contributed by atoms with Crippen LogP contribution in [0.25, 0.3) is 0 Å². The Morgan fingerprint density at radius 1 is 1.20 bits per heavy atom. The predicted octanol–water partition coefficient (Wildman–Crippen LogP) is 4.49. The van der Waals surface area contributed by atoms with Crippen molar-refractivity contribution in [2.45, 2.75) is 46.6 Å². The fourth-order valence-corrected chi connectivity index (χ4v) is 2.40. The van der Waals surface area contributed by atoms with E-state index >= 15 is 0 Å². The molecule has 0 saturated heterocycles. The van der Waals surface area contributed by atoms with Crippen LogP contribution >= 0.6 is 15.9 Å². The Balaban J connectivity index is 2.77. The van der Waals surface area contributed by atoms with Gasteiger partial charge in [-0.25, -0.2) is 0 Å². The minimum Gasteiger partial charge on any atom is -0.346 e. The van der Waals surface area contributed by atoms with E-state index in [9.17, 15) is 4.79 Å². The molecule has 3 heteroatoms. The van der Waals surface area contributed by atoms with Crippen LogP contribution < -0.4 is 5.32 Å². The molecule has 0 fully saturated rings. The van der Waals surface area contributed by atoms with Crippen molar-refractivity contribution in [2.24, 2.45) is 11.3 Å². The van der Waals surface area contributed by atoms with Crippen LogP contribution in [0.15, 0.2) is 30.3 Å². The number of hydrogen-bond acceptors (Lipinski definition) is 1. The molecule has 1 amide bonds. The molecule has 0 aliphatic carbocycles. The first-order valence-electron chi connectivity index (χ1n) is 7.11. The molecule has 20 heavy (non-hydrogen) atoms. The highest BCUT2D eigenvalue weighted by Crippen LogP contribution is 2.29. The summed E-state index contributed by atoms with van der Waals surface area (Å²) >= 11 is 3.53. The molecule has 2 unspecified atom stereocenters. The standard InChI is InChI=1S/C17H26BrNO/c1-13(16(2,3)4)11-15(20)19-17(5,12-18)14-9-7-6-8-10-14/h6-10,13H,11-12H2,1-5H3,(H,19,20). The number of halogens is 1. The molecule has 0 radical (unpaired) electrons. The van der Waals surface area contributed by atoms with E-state index in [4.69, 9.17) is 0 Å². The van der Waals surface area contributed by atoms with E-state index in [1.54, 1.807) is 0 Å². The van der Waals surface area contributed by atoms with Crippen molar-refractivity contribution in [3.63, 3.8) is 0 Å². The van der Waals surface area contributed by atoms with Crippen LogP contribution in [0.3, 0.4) is 0 Å². The van der Waals surface area contributed by atoms with Crippen molar-refractivity contribution in [3.8, 4) is 0 Å². The summed E-state index contributed by atoms with van der Waals surface area (Å²) in [5.41, 5.74) is 0.902. The largest absolute Gasteiger partial charge is 0.346 e. The Hall–Kier alpha value is -0.830. The minimum absolute atomic E-state index is 0.109. The normalized spacial score (nSPS) is 16.3. The summed E-state index contributed by atoms with van der Waals surface area (Å²) in [5, 5.41) is 3.87. The molecular weight excluding hydrogens is 314 g/mol. The number of amides is 1. The van der Waals surface area contributed by atoms with Crippen LogP contribution in [0.1, 0.15) is 46.6 Å². The van der Waals surface area contributed by atoms with Crippen molar-refractivity contribution < 1.29 is 4.79 Å². The number of rotatable bonds is 5. The maximum absolute atomic E-state index is 12.3. The molecule has 112 valence electrons. The summed E-state index contributed by atoms with van der Waals surface area (Å²) in [4.78, 5) is 12.3. The number of carbonyl (C=O) groups is 1. The zero-order chi connectivity index (χ0) is 15.4. The molecule has 0 heterocycles. The second-order valence-corrected chi connectivity index (χ2v) is 7.41. The van der Waals surface area contributed by atoms with Gasteiger partial charge < -0.3 is 5.32 Å². The molecule has 1 rings (SSSR count). The Bertz CT molecular complexity index is 438. The smallest absolute Gasteiger partial charge is 0.220 e. The third-order valence-electron chi connectivity index (χ3n) is 4.06. The van der Waals surface area contributed by atoms with Gasteiger partial charge in [0.15, 0.2) is 0 Å². The van der Waals surface area contributed by atoms with Crippen molar-refractivity contribution in [2.75, 3.05) is 5.33 Å². The Morgan fingerprint density at radius 3 is 2.20 bits per heavy atom. The van der Waals surface area contributed by atoms with E-state index in [1.165, 1.54) is 0 Å². The van der Waals surface area contributed by atoms with Gasteiger partial charge in [0.2, 0.25) is 5.91 Å². The van der Waals surface area contributed by atoms with Gasteiger partial charge >= 0.3 is 0 Å². The maximum atomic E-state index is 12.3.